The molecular formula is C25H24F4N4O2. The number of amides is 2. The Bertz CT molecular complexity index is 1270. The van der Waals surface area contributed by atoms with E-state index in [4.69, 9.17) is 0 Å². The molecule has 2 amide bonds. The molecule has 3 aromatic rings. The molecule has 0 saturated heterocycles. The molecule has 0 spiro atoms. The van der Waals surface area contributed by atoms with Crippen molar-refractivity contribution in [3.8, 4) is 0 Å². The van der Waals surface area contributed by atoms with Crippen LogP contribution in [0.2, 0.25) is 0 Å². The standard InChI is InChI=1S/C25H24F4N4O2/c1-4-32-23-19(14(3)31-33(23)5-2)20(15-9-11-18(26)12-10-15)21(24(32)35)30-22(34)16-7-6-8-17(13-16)25(27,28)29/h6-13,20-21H,4-5H2,1-3H3,(H,30,34)/t20-,21-/m0/s1. The third kappa shape index (κ3) is 4.40. The minimum atomic E-state index is -4.62. The second-order valence-corrected chi connectivity index (χ2v) is 8.28. The smallest absolute Gasteiger partial charge is 0.339 e. The zero-order valence-electron chi connectivity index (χ0n) is 19.4. The molecule has 10 heteroatoms. The fraction of sp³-hybridized carbons (Fsp3) is 0.320. The molecule has 0 fully saturated rings. The monoisotopic (exact) mass is 488 g/mol. The minimum absolute atomic E-state index is 0.222. The first-order valence-electron chi connectivity index (χ1n) is 11.2. The van der Waals surface area contributed by atoms with Gasteiger partial charge in [-0.05, 0) is 56.7 Å². The van der Waals surface area contributed by atoms with Crippen LogP contribution in [0.3, 0.4) is 0 Å². The Labute approximate surface area is 199 Å². The number of rotatable bonds is 5. The van der Waals surface area contributed by atoms with Gasteiger partial charge in [0.2, 0.25) is 0 Å². The number of nitrogens with one attached hydrogen (secondary N) is 1. The van der Waals surface area contributed by atoms with E-state index in [0.29, 0.717) is 35.7 Å². The average molecular weight is 488 g/mol. The normalized spacial score (nSPS) is 17.9. The first-order valence-corrected chi connectivity index (χ1v) is 11.2. The number of nitrogens with zero attached hydrogens (tertiary/aromatic N) is 3. The van der Waals surface area contributed by atoms with E-state index in [0.717, 1.165) is 18.2 Å². The molecular weight excluding hydrogens is 464 g/mol. The summed E-state index contributed by atoms with van der Waals surface area (Å²) in [5.74, 6) is -1.82. The highest BCUT2D eigenvalue weighted by Gasteiger charge is 2.45. The van der Waals surface area contributed by atoms with Gasteiger partial charge in [0.1, 0.15) is 17.7 Å². The molecule has 1 aliphatic rings. The third-order valence-electron chi connectivity index (χ3n) is 6.16. The van der Waals surface area contributed by atoms with Crippen molar-refractivity contribution < 1.29 is 27.2 Å². The quantitative estimate of drug-likeness (QED) is 0.531. The highest BCUT2D eigenvalue weighted by molar-refractivity contribution is 6.05. The number of alkyl halides is 3. The summed E-state index contributed by atoms with van der Waals surface area (Å²) in [7, 11) is 0. The van der Waals surface area contributed by atoms with E-state index in [1.807, 2.05) is 6.92 Å². The van der Waals surface area contributed by atoms with Crippen LogP contribution in [0, 0.1) is 12.7 Å². The summed E-state index contributed by atoms with van der Waals surface area (Å²) in [6, 6.07) is 8.47. The molecule has 6 nitrogen and oxygen atoms in total. The number of halogens is 4. The Morgan fingerprint density at radius 3 is 2.37 bits per heavy atom. The van der Waals surface area contributed by atoms with Crippen LogP contribution in [-0.2, 0) is 17.5 Å². The summed E-state index contributed by atoms with van der Waals surface area (Å²) >= 11 is 0. The molecule has 1 N–H and O–H groups in total. The number of aryl methyl sites for hydroxylation is 2. The molecule has 184 valence electrons. The lowest BCUT2D eigenvalue weighted by molar-refractivity contribution is -0.137. The van der Waals surface area contributed by atoms with Crippen molar-refractivity contribution >= 4 is 17.6 Å². The van der Waals surface area contributed by atoms with Gasteiger partial charge in [-0.2, -0.15) is 18.3 Å². The Balaban J connectivity index is 1.82. The Hall–Kier alpha value is -3.69. The van der Waals surface area contributed by atoms with Gasteiger partial charge in [0.15, 0.2) is 0 Å². The maximum Gasteiger partial charge on any atom is 0.416 e. The van der Waals surface area contributed by atoms with Crippen molar-refractivity contribution in [2.24, 2.45) is 0 Å². The van der Waals surface area contributed by atoms with Crippen LogP contribution in [-0.4, -0.2) is 34.2 Å². The Morgan fingerprint density at radius 2 is 1.77 bits per heavy atom. The maximum atomic E-state index is 13.7. The van der Waals surface area contributed by atoms with Gasteiger partial charge in [-0.15, -0.1) is 0 Å². The number of hydrogen-bond donors (Lipinski definition) is 1. The van der Waals surface area contributed by atoms with E-state index < -0.39 is 41.3 Å². The van der Waals surface area contributed by atoms with E-state index in [9.17, 15) is 27.2 Å². The van der Waals surface area contributed by atoms with Crippen LogP contribution in [0.15, 0.2) is 48.5 Å². The number of fused-ring (bicyclic) bond motifs is 1. The molecule has 0 unspecified atom stereocenters. The number of hydrogen-bond acceptors (Lipinski definition) is 3. The lowest BCUT2D eigenvalue weighted by Gasteiger charge is -2.38. The molecule has 2 atom stereocenters. The topological polar surface area (TPSA) is 67.2 Å². The van der Waals surface area contributed by atoms with Gasteiger partial charge in [-0.3, -0.25) is 14.5 Å². The van der Waals surface area contributed by atoms with E-state index in [1.54, 1.807) is 18.5 Å². The van der Waals surface area contributed by atoms with Gasteiger partial charge in [-0.1, -0.05) is 18.2 Å². The SMILES string of the molecule is CCN1C(=O)[C@@H](NC(=O)c2cccc(C(F)(F)F)c2)[C@@H](c2ccc(F)cc2)c2c(C)nn(CC)c21. The zero-order valence-corrected chi connectivity index (χ0v) is 19.4. The zero-order chi connectivity index (χ0) is 25.5. The highest BCUT2D eigenvalue weighted by atomic mass is 19.4. The molecule has 35 heavy (non-hydrogen) atoms. The Morgan fingerprint density at radius 1 is 1.09 bits per heavy atom. The molecule has 0 saturated carbocycles. The van der Waals surface area contributed by atoms with Crippen LogP contribution in [0.4, 0.5) is 23.4 Å². The van der Waals surface area contributed by atoms with E-state index in [1.165, 1.54) is 35.2 Å². The second-order valence-electron chi connectivity index (χ2n) is 8.28. The molecule has 4 rings (SSSR count). The summed E-state index contributed by atoms with van der Waals surface area (Å²) < 4.78 is 54.9. The summed E-state index contributed by atoms with van der Waals surface area (Å²) in [6.07, 6.45) is -4.62. The number of carbonyl (C=O) groups is 2. The van der Waals surface area contributed by atoms with Gasteiger partial charge in [0, 0.05) is 30.1 Å². The molecule has 2 aromatic carbocycles. The maximum absolute atomic E-state index is 13.7. The first kappa shape index (κ1) is 24.4. The first-order chi connectivity index (χ1) is 16.6. The van der Waals surface area contributed by atoms with Crippen molar-refractivity contribution in [2.45, 2.75) is 45.5 Å². The van der Waals surface area contributed by atoms with Crippen LogP contribution < -0.4 is 10.2 Å². The number of likely N-dealkylation sites (N-methyl/N-ethyl adjacent to an activating group) is 1. The molecule has 0 radical (unpaired) electrons. The van der Waals surface area contributed by atoms with Crippen molar-refractivity contribution in [1.29, 1.82) is 0 Å². The van der Waals surface area contributed by atoms with Gasteiger partial charge < -0.3 is 5.32 Å². The summed E-state index contributed by atoms with van der Waals surface area (Å²) in [5.41, 5.74) is 0.729. The van der Waals surface area contributed by atoms with Gasteiger partial charge in [0.25, 0.3) is 11.8 Å². The Kier molecular flexibility index (Phi) is 6.40. The van der Waals surface area contributed by atoms with Gasteiger partial charge in [-0.25, -0.2) is 9.07 Å². The summed E-state index contributed by atoms with van der Waals surface area (Å²) in [6.45, 7) is 6.25. The van der Waals surface area contributed by atoms with Crippen molar-refractivity contribution in [3.05, 3.63) is 82.3 Å². The van der Waals surface area contributed by atoms with E-state index in [-0.39, 0.29) is 5.56 Å². The largest absolute Gasteiger partial charge is 0.416 e. The third-order valence-corrected chi connectivity index (χ3v) is 6.16. The van der Waals surface area contributed by atoms with Crippen LogP contribution in [0.5, 0.6) is 0 Å². The van der Waals surface area contributed by atoms with Crippen LogP contribution >= 0.6 is 0 Å². The highest BCUT2D eigenvalue weighted by Crippen LogP contribution is 2.42. The fourth-order valence-corrected chi connectivity index (χ4v) is 4.58. The average Bonchev–Trinajstić information content (AvgIpc) is 3.15. The predicted octanol–water partition coefficient (Wildman–Crippen LogP) is 4.67. The van der Waals surface area contributed by atoms with Gasteiger partial charge in [0.05, 0.1) is 11.3 Å². The molecule has 1 aliphatic heterocycles. The van der Waals surface area contributed by atoms with Crippen LogP contribution in [0.1, 0.15) is 52.5 Å². The fourth-order valence-electron chi connectivity index (χ4n) is 4.58. The van der Waals surface area contributed by atoms with Crippen molar-refractivity contribution in [1.82, 2.24) is 15.1 Å². The van der Waals surface area contributed by atoms with Crippen molar-refractivity contribution in [2.75, 3.05) is 11.4 Å². The van der Waals surface area contributed by atoms with Gasteiger partial charge >= 0.3 is 6.18 Å². The minimum Gasteiger partial charge on any atom is -0.339 e. The molecule has 2 heterocycles. The number of aromatic nitrogens is 2. The molecule has 0 bridgehead atoms. The lowest BCUT2D eigenvalue weighted by Crippen LogP contribution is -2.55. The number of carbonyl (C=O) groups excluding carboxylic acids is 2. The van der Waals surface area contributed by atoms with Crippen molar-refractivity contribution in [3.63, 3.8) is 0 Å². The number of anilines is 1. The summed E-state index contributed by atoms with van der Waals surface area (Å²) in [4.78, 5) is 28.3. The molecule has 1 aromatic heterocycles. The van der Waals surface area contributed by atoms with E-state index >= 15 is 0 Å². The molecule has 0 aliphatic carbocycles. The number of benzene rings is 2. The summed E-state index contributed by atoms with van der Waals surface area (Å²) in [5, 5.41) is 7.22. The van der Waals surface area contributed by atoms with E-state index in [2.05, 4.69) is 10.4 Å². The predicted molar refractivity (Wildman–Crippen MR) is 122 cm³/mol. The second kappa shape index (κ2) is 9.16. The lowest BCUT2D eigenvalue weighted by atomic mass is 9.81. The van der Waals surface area contributed by atoms with Crippen LogP contribution in [0.25, 0.3) is 0 Å².